The van der Waals surface area contributed by atoms with E-state index in [0.29, 0.717) is 12.0 Å². The lowest BCUT2D eigenvalue weighted by Gasteiger charge is -2.43. The number of hydrogen-bond acceptors (Lipinski definition) is 2. The minimum atomic E-state index is -0.195. The Kier molecular flexibility index (Phi) is 3.94. The summed E-state index contributed by atoms with van der Waals surface area (Å²) in [5.41, 5.74) is 1.80. The van der Waals surface area contributed by atoms with E-state index in [-0.39, 0.29) is 11.8 Å². The molecule has 4 nitrogen and oxygen atoms in total. The number of nitrogens with one attached hydrogen (secondary N) is 1. The number of anilines is 1. The maximum Gasteiger partial charge on any atom is 0.321 e. The normalized spacial score (nSPS) is 22.8. The van der Waals surface area contributed by atoms with Gasteiger partial charge in [-0.05, 0) is 29.8 Å². The van der Waals surface area contributed by atoms with Crippen molar-refractivity contribution in [1.82, 2.24) is 9.80 Å². The van der Waals surface area contributed by atoms with Crippen LogP contribution in [0.4, 0.5) is 14.9 Å². The molecule has 2 fully saturated rings. The van der Waals surface area contributed by atoms with Gasteiger partial charge in [0, 0.05) is 43.8 Å². The highest BCUT2D eigenvalue weighted by molar-refractivity contribution is 5.89. The maximum atomic E-state index is 13.3. The van der Waals surface area contributed by atoms with Gasteiger partial charge in [0.05, 0.1) is 0 Å². The van der Waals surface area contributed by atoms with E-state index in [1.54, 1.807) is 12.1 Å². The van der Waals surface area contributed by atoms with Crippen molar-refractivity contribution in [2.45, 2.75) is 12.6 Å². The van der Waals surface area contributed by atoms with Crippen LogP contribution in [-0.4, -0.2) is 41.5 Å². The molecule has 2 atom stereocenters. The molecule has 0 unspecified atom stereocenters. The number of hydrogen-bond donors (Lipinski definition) is 1. The van der Waals surface area contributed by atoms with Crippen LogP contribution in [-0.2, 0) is 6.54 Å². The molecule has 0 saturated carbocycles. The smallest absolute Gasteiger partial charge is 0.321 e. The van der Waals surface area contributed by atoms with Crippen molar-refractivity contribution < 1.29 is 9.18 Å². The number of urea groups is 1. The van der Waals surface area contributed by atoms with Gasteiger partial charge < -0.3 is 10.2 Å². The zero-order valence-electron chi connectivity index (χ0n) is 13.4. The van der Waals surface area contributed by atoms with Crippen LogP contribution in [0, 0.1) is 11.7 Å². The quantitative estimate of drug-likeness (QED) is 0.941. The zero-order valence-corrected chi connectivity index (χ0v) is 13.4. The predicted molar refractivity (Wildman–Crippen MR) is 91.1 cm³/mol. The van der Waals surface area contributed by atoms with Gasteiger partial charge in [-0.3, -0.25) is 4.90 Å². The van der Waals surface area contributed by atoms with Crippen LogP contribution < -0.4 is 5.32 Å². The van der Waals surface area contributed by atoms with E-state index in [1.807, 2.05) is 41.3 Å². The van der Waals surface area contributed by atoms with Crippen molar-refractivity contribution in [1.29, 1.82) is 0 Å². The first-order valence-electron chi connectivity index (χ1n) is 8.28. The molecule has 2 aromatic carbocycles. The van der Waals surface area contributed by atoms with Crippen LogP contribution in [0.1, 0.15) is 5.56 Å². The molecule has 2 aliphatic rings. The van der Waals surface area contributed by atoms with Crippen molar-refractivity contribution >= 4 is 11.7 Å². The number of para-hydroxylation sites is 1. The Bertz CT molecular complexity index is 736. The Morgan fingerprint density at radius 3 is 2.71 bits per heavy atom. The topological polar surface area (TPSA) is 35.6 Å². The van der Waals surface area contributed by atoms with E-state index in [2.05, 4.69) is 10.2 Å². The summed E-state index contributed by atoms with van der Waals surface area (Å²) in [6.45, 7) is 3.24. The first-order chi connectivity index (χ1) is 11.7. The lowest BCUT2D eigenvalue weighted by molar-refractivity contribution is 0.0434. The van der Waals surface area contributed by atoms with E-state index in [1.165, 1.54) is 6.07 Å². The molecule has 2 aromatic rings. The Hall–Kier alpha value is -2.40. The van der Waals surface area contributed by atoms with Gasteiger partial charge in [-0.2, -0.15) is 0 Å². The van der Waals surface area contributed by atoms with E-state index < -0.39 is 0 Å². The second kappa shape index (κ2) is 6.24. The van der Waals surface area contributed by atoms with Crippen LogP contribution in [0.15, 0.2) is 54.6 Å². The number of nitrogens with zero attached hydrogens (tertiary/aromatic N) is 2. The van der Waals surface area contributed by atoms with Gasteiger partial charge >= 0.3 is 6.03 Å². The standard InChI is InChI=1S/C19H20FN3O/c20-16-6-4-5-14(9-16)10-22-11-15-12-23(13-18(15)22)19(24)21-17-7-2-1-3-8-17/h1-9,15,18H,10-13H2,(H,21,24)/t15-,18+/m0/s1. The van der Waals surface area contributed by atoms with Crippen LogP contribution in [0.5, 0.6) is 0 Å². The number of carbonyl (C=O) groups excluding carboxylic acids is 1. The van der Waals surface area contributed by atoms with E-state index in [4.69, 9.17) is 0 Å². The number of rotatable bonds is 3. The van der Waals surface area contributed by atoms with Gasteiger partial charge in [-0.15, -0.1) is 0 Å². The van der Waals surface area contributed by atoms with E-state index in [0.717, 1.165) is 37.4 Å². The van der Waals surface area contributed by atoms with Crippen molar-refractivity contribution in [3.05, 3.63) is 66.0 Å². The fourth-order valence-electron chi connectivity index (χ4n) is 3.69. The second-order valence-corrected chi connectivity index (χ2v) is 6.59. The number of halogens is 1. The minimum Gasteiger partial charge on any atom is -0.323 e. The molecule has 1 N–H and O–H groups in total. The molecule has 0 bridgehead atoms. The molecule has 2 saturated heterocycles. The van der Waals surface area contributed by atoms with Crippen LogP contribution in [0.25, 0.3) is 0 Å². The predicted octanol–water partition coefficient (Wildman–Crippen LogP) is 3.17. The molecule has 2 heterocycles. The summed E-state index contributed by atoms with van der Waals surface area (Å²) in [5.74, 6) is 0.333. The largest absolute Gasteiger partial charge is 0.323 e. The van der Waals surface area contributed by atoms with Crippen LogP contribution >= 0.6 is 0 Å². The van der Waals surface area contributed by atoms with Gasteiger partial charge in [0.15, 0.2) is 0 Å². The minimum absolute atomic E-state index is 0.0405. The monoisotopic (exact) mass is 325 g/mol. The van der Waals surface area contributed by atoms with Gasteiger partial charge in [-0.25, -0.2) is 9.18 Å². The summed E-state index contributed by atoms with van der Waals surface area (Å²) in [7, 11) is 0. The average molecular weight is 325 g/mol. The third-order valence-corrected chi connectivity index (χ3v) is 4.93. The van der Waals surface area contributed by atoms with Gasteiger partial charge in [-0.1, -0.05) is 30.3 Å². The Morgan fingerprint density at radius 1 is 1.08 bits per heavy atom. The average Bonchev–Trinajstić information content (AvgIpc) is 2.91. The molecule has 5 heteroatoms. The van der Waals surface area contributed by atoms with Gasteiger partial charge in [0.2, 0.25) is 0 Å². The summed E-state index contributed by atoms with van der Waals surface area (Å²) in [6.07, 6.45) is 0. The number of fused-ring (bicyclic) bond motifs is 1. The fourth-order valence-corrected chi connectivity index (χ4v) is 3.69. The first kappa shape index (κ1) is 15.1. The third kappa shape index (κ3) is 2.99. The summed E-state index contributed by atoms with van der Waals surface area (Å²) in [5, 5.41) is 2.94. The van der Waals surface area contributed by atoms with Gasteiger partial charge in [0.25, 0.3) is 0 Å². The summed E-state index contributed by atoms with van der Waals surface area (Å²) in [4.78, 5) is 16.6. The summed E-state index contributed by atoms with van der Waals surface area (Å²) >= 11 is 0. The molecular formula is C19H20FN3O. The van der Waals surface area contributed by atoms with E-state index in [9.17, 15) is 9.18 Å². The number of carbonyl (C=O) groups is 1. The van der Waals surface area contributed by atoms with Crippen molar-refractivity contribution in [3.63, 3.8) is 0 Å². The van der Waals surface area contributed by atoms with E-state index >= 15 is 0 Å². The molecule has 2 aliphatic heterocycles. The highest BCUT2D eigenvalue weighted by Crippen LogP contribution is 2.33. The highest BCUT2D eigenvalue weighted by atomic mass is 19.1. The molecule has 2 amide bonds. The third-order valence-electron chi connectivity index (χ3n) is 4.93. The Morgan fingerprint density at radius 2 is 1.92 bits per heavy atom. The zero-order chi connectivity index (χ0) is 16.5. The molecule has 0 radical (unpaired) electrons. The van der Waals surface area contributed by atoms with Gasteiger partial charge in [0.1, 0.15) is 5.82 Å². The number of likely N-dealkylation sites (tertiary alicyclic amines) is 2. The number of benzene rings is 2. The SMILES string of the molecule is O=C(Nc1ccccc1)N1C[C@@H]2CN(Cc3cccc(F)c3)[C@@H]2C1. The Balaban J connectivity index is 1.34. The second-order valence-electron chi connectivity index (χ2n) is 6.59. The van der Waals surface area contributed by atoms with Crippen molar-refractivity contribution in [2.75, 3.05) is 25.0 Å². The molecule has 4 rings (SSSR count). The summed E-state index contributed by atoms with van der Waals surface area (Å²) in [6, 6.07) is 16.6. The first-order valence-corrected chi connectivity index (χ1v) is 8.28. The fraction of sp³-hybridized carbons (Fsp3) is 0.316. The van der Waals surface area contributed by atoms with Crippen molar-refractivity contribution in [2.24, 2.45) is 5.92 Å². The highest BCUT2D eigenvalue weighted by Gasteiger charge is 2.46. The van der Waals surface area contributed by atoms with Crippen molar-refractivity contribution in [3.8, 4) is 0 Å². The lowest BCUT2D eigenvalue weighted by atomic mass is 9.91. The molecule has 124 valence electrons. The molecule has 0 spiro atoms. The molecule has 0 aliphatic carbocycles. The van der Waals surface area contributed by atoms with Crippen LogP contribution in [0.3, 0.4) is 0 Å². The molecular weight excluding hydrogens is 305 g/mol. The maximum absolute atomic E-state index is 13.3. The lowest BCUT2D eigenvalue weighted by Crippen LogP contribution is -2.54. The summed E-state index contributed by atoms with van der Waals surface area (Å²) < 4.78 is 13.3. The Labute approximate surface area is 140 Å². The molecule has 24 heavy (non-hydrogen) atoms. The van der Waals surface area contributed by atoms with Crippen LogP contribution in [0.2, 0.25) is 0 Å². The molecule has 0 aromatic heterocycles. The number of amides is 2.